The van der Waals surface area contributed by atoms with Gasteiger partial charge in [-0.1, -0.05) is 12.1 Å². The first-order valence-corrected chi connectivity index (χ1v) is 11.8. The van der Waals surface area contributed by atoms with Gasteiger partial charge in [0.1, 0.15) is 23.4 Å². The van der Waals surface area contributed by atoms with Gasteiger partial charge in [0.2, 0.25) is 0 Å². The van der Waals surface area contributed by atoms with Crippen molar-refractivity contribution in [3.63, 3.8) is 0 Å². The maximum Gasteiger partial charge on any atom is 0.353 e. The Morgan fingerprint density at radius 1 is 1.14 bits per heavy atom. The van der Waals surface area contributed by atoms with Crippen LogP contribution in [0.15, 0.2) is 36.4 Å². The molecule has 1 aliphatic rings. The van der Waals surface area contributed by atoms with Crippen molar-refractivity contribution in [3.05, 3.63) is 36.4 Å². The van der Waals surface area contributed by atoms with E-state index in [1.54, 1.807) is 19.3 Å². The van der Waals surface area contributed by atoms with Crippen molar-refractivity contribution in [2.24, 2.45) is 5.92 Å². The molecule has 158 valence electrons. The molecule has 0 aliphatic heterocycles. The molecule has 1 fully saturated rings. The minimum Gasteiger partial charge on any atom is -0.494 e. The lowest BCUT2D eigenvalue weighted by atomic mass is 9.86. The Hall–Kier alpha value is -1.95. The lowest BCUT2D eigenvalue weighted by Gasteiger charge is -2.28. The Morgan fingerprint density at radius 2 is 1.86 bits per heavy atom. The van der Waals surface area contributed by atoms with Crippen LogP contribution in [0.2, 0.25) is 0 Å². The molecule has 1 heterocycles. The summed E-state index contributed by atoms with van der Waals surface area (Å²) in [6.07, 6.45) is 7.63. The van der Waals surface area contributed by atoms with Gasteiger partial charge in [0, 0.05) is 17.2 Å². The Balaban J connectivity index is 1.61. The number of methoxy groups -OCH3 is 1. The van der Waals surface area contributed by atoms with Crippen LogP contribution < -0.4 is 10.1 Å². The van der Waals surface area contributed by atoms with Crippen LogP contribution in [0.3, 0.4) is 0 Å². The molecule has 0 spiro atoms. The summed E-state index contributed by atoms with van der Waals surface area (Å²) in [5.41, 5.74) is 0.812. The van der Waals surface area contributed by atoms with Crippen molar-refractivity contribution in [1.82, 2.24) is 9.97 Å². The lowest BCUT2D eigenvalue weighted by Crippen LogP contribution is -2.26. The molecule has 0 atom stereocenters. The van der Waals surface area contributed by atoms with Gasteiger partial charge in [-0.05, 0) is 57.6 Å². The molecule has 29 heavy (non-hydrogen) atoms. The minimum absolute atomic E-state index is 0.342. The van der Waals surface area contributed by atoms with Gasteiger partial charge in [-0.15, -0.1) is 0 Å². The second-order valence-corrected chi connectivity index (χ2v) is 8.95. The van der Waals surface area contributed by atoms with Crippen LogP contribution >= 0.6 is 7.60 Å². The first-order chi connectivity index (χ1) is 14.1. The van der Waals surface area contributed by atoms with Crippen molar-refractivity contribution in [3.8, 4) is 5.75 Å². The van der Waals surface area contributed by atoms with E-state index >= 15 is 0 Å². The summed E-state index contributed by atoms with van der Waals surface area (Å²) in [5, 5.41) is 4.54. The molecule has 1 saturated carbocycles. The fraction of sp³-hybridized carbons (Fsp3) is 0.524. The molecular formula is C21H30N3O4P. The summed E-state index contributed by atoms with van der Waals surface area (Å²) >= 11 is 0. The van der Waals surface area contributed by atoms with E-state index in [2.05, 4.69) is 15.3 Å². The van der Waals surface area contributed by atoms with E-state index in [0.29, 0.717) is 25.2 Å². The monoisotopic (exact) mass is 419 g/mol. The molecule has 3 rings (SSSR count). The van der Waals surface area contributed by atoms with Gasteiger partial charge in [0.15, 0.2) is 0 Å². The standard InChI is InChI=1S/C21H30N3O4P/c1-4-27-29(25,28-5-2)14-13-16-9-11-17(12-10-16)24-21-18-7-6-8-19(26-3)20(18)22-15-23-21/h6-8,13-17H,4-5,9-12H2,1-3H3,(H,22,23,24)/b14-13+. The van der Waals surface area contributed by atoms with Crippen molar-refractivity contribution in [1.29, 1.82) is 0 Å². The van der Waals surface area contributed by atoms with E-state index in [4.69, 9.17) is 13.8 Å². The van der Waals surface area contributed by atoms with Crippen LogP contribution in [0.5, 0.6) is 5.75 Å². The molecule has 0 amide bonds. The van der Waals surface area contributed by atoms with Crippen molar-refractivity contribution >= 4 is 24.3 Å². The van der Waals surface area contributed by atoms with Gasteiger partial charge in [-0.3, -0.25) is 4.57 Å². The topological polar surface area (TPSA) is 82.6 Å². The summed E-state index contributed by atoms with van der Waals surface area (Å²) in [5.74, 6) is 3.60. The maximum atomic E-state index is 12.6. The second kappa shape index (κ2) is 10.2. The Kier molecular flexibility index (Phi) is 7.64. The van der Waals surface area contributed by atoms with E-state index in [0.717, 1.165) is 48.2 Å². The maximum absolute atomic E-state index is 12.6. The normalized spacial score (nSPS) is 20.2. The van der Waals surface area contributed by atoms with E-state index in [1.165, 1.54) is 0 Å². The molecule has 2 aromatic rings. The average Bonchev–Trinajstić information content (AvgIpc) is 2.73. The number of hydrogen-bond donors (Lipinski definition) is 1. The number of aromatic nitrogens is 2. The van der Waals surface area contributed by atoms with Crippen LogP contribution in [0.25, 0.3) is 10.9 Å². The molecule has 1 aromatic carbocycles. The summed E-state index contributed by atoms with van der Waals surface area (Å²) in [6.45, 7) is 4.39. The summed E-state index contributed by atoms with van der Waals surface area (Å²) in [7, 11) is -1.47. The van der Waals surface area contributed by atoms with Crippen molar-refractivity contribution in [2.75, 3.05) is 25.6 Å². The first-order valence-electron chi connectivity index (χ1n) is 10.2. The number of anilines is 1. The van der Waals surface area contributed by atoms with Gasteiger partial charge in [-0.2, -0.15) is 0 Å². The van der Waals surface area contributed by atoms with Gasteiger partial charge < -0.3 is 19.1 Å². The number of nitrogens with zero attached hydrogens (tertiary/aromatic N) is 2. The predicted molar refractivity (Wildman–Crippen MR) is 115 cm³/mol. The highest BCUT2D eigenvalue weighted by Gasteiger charge is 2.23. The molecule has 0 unspecified atom stereocenters. The van der Waals surface area contributed by atoms with Crippen LogP contribution in [0.4, 0.5) is 5.82 Å². The Bertz CT molecular complexity index is 871. The van der Waals surface area contributed by atoms with E-state index < -0.39 is 7.60 Å². The quantitative estimate of drug-likeness (QED) is 0.546. The van der Waals surface area contributed by atoms with Crippen LogP contribution in [0.1, 0.15) is 39.5 Å². The smallest absolute Gasteiger partial charge is 0.353 e. The third-order valence-corrected chi connectivity index (χ3v) is 6.89. The second-order valence-electron chi connectivity index (χ2n) is 7.05. The molecule has 0 saturated heterocycles. The molecular weight excluding hydrogens is 389 g/mol. The van der Waals surface area contributed by atoms with Crippen molar-refractivity contribution < 1.29 is 18.3 Å². The number of nitrogens with one attached hydrogen (secondary N) is 1. The average molecular weight is 419 g/mol. The molecule has 1 aromatic heterocycles. The van der Waals surface area contributed by atoms with Gasteiger partial charge in [0.25, 0.3) is 0 Å². The molecule has 1 N–H and O–H groups in total. The van der Waals surface area contributed by atoms with Gasteiger partial charge >= 0.3 is 7.60 Å². The highest BCUT2D eigenvalue weighted by atomic mass is 31.2. The number of fused-ring (bicyclic) bond motifs is 1. The van der Waals surface area contributed by atoms with Crippen LogP contribution in [-0.4, -0.2) is 36.3 Å². The molecule has 7 nitrogen and oxygen atoms in total. The van der Waals surface area contributed by atoms with E-state index in [9.17, 15) is 4.57 Å². The number of para-hydroxylation sites is 1. The predicted octanol–water partition coefficient (Wildman–Crippen LogP) is 5.39. The number of hydrogen-bond acceptors (Lipinski definition) is 7. The molecule has 1 aliphatic carbocycles. The largest absolute Gasteiger partial charge is 0.494 e. The fourth-order valence-electron chi connectivity index (χ4n) is 3.70. The third kappa shape index (κ3) is 5.56. The lowest BCUT2D eigenvalue weighted by molar-refractivity contribution is 0.228. The molecule has 0 bridgehead atoms. The Labute approximate surface area is 172 Å². The van der Waals surface area contributed by atoms with Crippen LogP contribution in [-0.2, 0) is 13.6 Å². The fourth-order valence-corrected chi connectivity index (χ4v) is 5.12. The van der Waals surface area contributed by atoms with Gasteiger partial charge in [0.05, 0.1) is 20.3 Å². The Morgan fingerprint density at radius 3 is 2.52 bits per heavy atom. The zero-order valence-corrected chi connectivity index (χ0v) is 18.2. The van der Waals surface area contributed by atoms with E-state index in [1.807, 2.05) is 38.1 Å². The third-order valence-electron chi connectivity index (χ3n) is 5.12. The number of benzene rings is 1. The summed E-state index contributed by atoms with van der Waals surface area (Å²) in [4.78, 5) is 8.80. The highest BCUT2D eigenvalue weighted by molar-refractivity contribution is 7.57. The number of ether oxygens (including phenoxy) is 1. The van der Waals surface area contributed by atoms with Crippen LogP contribution in [0, 0.1) is 5.92 Å². The zero-order chi connectivity index (χ0) is 20.7. The number of rotatable bonds is 9. The summed E-state index contributed by atoms with van der Waals surface area (Å²) in [6, 6.07) is 6.20. The highest BCUT2D eigenvalue weighted by Crippen LogP contribution is 2.50. The zero-order valence-electron chi connectivity index (χ0n) is 17.3. The van der Waals surface area contributed by atoms with Crippen molar-refractivity contribution in [2.45, 2.75) is 45.6 Å². The molecule has 8 heteroatoms. The SMILES string of the molecule is CCOP(=O)(/C=C/C1CCC(Nc2ncnc3c(OC)cccc23)CC1)OCC. The van der Waals surface area contributed by atoms with E-state index in [-0.39, 0.29) is 0 Å². The summed E-state index contributed by atoms with van der Waals surface area (Å²) < 4.78 is 28.6. The van der Waals surface area contributed by atoms with Gasteiger partial charge in [-0.25, -0.2) is 9.97 Å². The minimum atomic E-state index is -3.12. The molecule has 0 radical (unpaired) electrons. The first kappa shape index (κ1) is 21.8. The number of allylic oxidation sites excluding steroid dienone is 1.